The van der Waals surface area contributed by atoms with Crippen LogP contribution >= 0.6 is 0 Å². The van der Waals surface area contributed by atoms with Crippen LogP contribution in [0.5, 0.6) is 0 Å². The lowest BCUT2D eigenvalue weighted by Gasteiger charge is -2.31. The zero-order valence-electron chi connectivity index (χ0n) is 13.4. The van der Waals surface area contributed by atoms with Crippen LogP contribution in [0.2, 0.25) is 0 Å². The van der Waals surface area contributed by atoms with Crippen LogP contribution in [0.4, 0.5) is 0 Å². The van der Waals surface area contributed by atoms with Gasteiger partial charge in [0.15, 0.2) is 0 Å². The molecule has 0 aromatic heterocycles. The average molecular weight is 273 g/mol. The maximum atomic E-state index is 3.93. The van der Waals surface area contributed by atoms with E-state index in [0.29, 0.717) is 18.0 Å². The molecule has 1 aliphatic rings. The van der Waals surface area contributed by atoms with E-state index < -0.39 is 0 Å². The van der Waals surface area contributed by atoms with Crippen molar-refractivity contribution < 1.29 is 0 Å². The van der Waals surface area contributed by atoms with Gasteiger partial charge < -0.3 is 5.32 Å². The molecule has 1 unspecified atom stereocenters. The zero-order chi connectivity index (χ0) is 14.4. The van der Waals surface area contributed by atoms with Gasteiger partial charge in [0.1, 0.15) is 0 Å². The third kappa shape index (κ3) is 4.34. The maximum absolute atomic E-state index is 3.93. The fraction of sp³-hybridized carbons (Fsp3) is 0.684. The SMILES string of the molecule is CC(C)C(N[C@@H](C)C1CCCCCC1)c1ccccc1. The molecule has 20 heavy (non-hydrogen) atoms. The van der Waals surface area contributed by atoms with Gasteiger partial charge in [-0.15, -0.1) is 0 Å². The van der Waals surface area contributed by atoms with Crippen LogP contribution in [0.25, 0.3) is 0 Å². The van der Waals surface area contributed by atoms with Crippen molar-refractivity contribution in [1.29, 1.82) is 0 Å². The Morgan fingerprint density at radius 1 is 0.900 bits per heavy atom. The fourth-order valence-corrected chi connectivity index (χ4v) is 3.56. The predicted molar refractivity (Wildman–Crippen MR) is 87.8 cm³/mol. The number of hydrogen-bond donors (Lipinski definition) is 1. The van der Waals surface area contributed by atoms with Crippen molar-refractivity contribution in [3.8, 4) is 0 Å². The van der Waals surface area contributed by atoms with Crippen molar-refractivity contribution in [3.05, 3.63) is 35.9 Å². The van der Waals surface area contributed by atoms with Gasteiger partial charge in [0.25, 0.3) is 0 Å². The lowest BCUT2D eigenvalue weighted by atomic mass is 9.89. The summed E-state index contributed by atoms with van der Waals surface area (Å²) in [6, 6.07) is 12.0. The normalized spacial score (nSPS) is 20.6. The van der Waals surface area contributed by atoms with Gasteiger partial charge in [-0.05, 0) is 37.2 Å². The van der Waals surface area contributed by atoms with E-state index >= 15 is 0 Å². The lowest BCUT2D eigenvalue weighted by molar-refractivity contribution is 0.280. The molecule has 0 aliphatic heterocycles. The van der Waals surface area contributed by atoms with Gasteiger partial charge >= 0.3 is 0 Å². The van der Waals surface area contributed by atoms with Crippen LogP contribution < -0.4 is 5.32 Å². The Labute approximate surface area is 125 Å². The van der Waals surface area contributed by atoms with Crippen LogP contribution in [-0.4, -0.2) is 6.04 Å². The van der Waals surface area contributed by atoms with Crippen LogP contribution in [0.1, 0.15) is 70.9 Å². The van der Waals surface area contributed by atoms with Crippen LogP contribution in [-0.2, 0) is 0 Å². The van der Waals surface area contributed by atoms with Gasteiger partial charge in [-0.3, -0.25) is 0 Å². The minimum Gasteiger partial charge on any atom is -0.307 e. The Hall–Kier alpha value is -0.820. The van der Waals surface area contributed by atoms with Gasteiger partial charge in [-0.1, -0.05) is 69.9 Å². The molecule has 1 aromatic carbocycles. The smallest absolute Gasteiger partial charge is 0.0345 e. The van der Waals surface area contributed by atoms with Gasteiger partial charge in [-0.25, -0.2) is 0 Å². The van der Waals surface area contributed by atoms with E-state index in [1.807, 2.05) is 0 Å². The van der Waals surface area contributed by atoms with Crippen molar-refractivity contribution >= 4 is 0 Å². The summed E-state index contributed by atoms with van der Waals surface area (Å²) >= 11 is 0. The summed E-state index contributed by atoms with van der Waals surface area (Å²) in [5, 5.41) is 3.93. The third-order valence-corrected chi connectivity index (χ3v) is 4.87. The molecule has 1 aliphatic carbocycles. The van der Waals surface area contributed by atoms with E-state index in [-0.39, 0.29) is 0 Å². The summed E-state index contributed by atoms with van der Waals surface area (Å²) in [6.07, 6.45) is 8.55. The number of rotatable bonds is 5. The highest BCUT2D eigenvalue weighted by Gasteiger charge is 2.23. The van der Waals surface area contributed by atoms with Gasteiger partial charge in [0.2, 0.25) is 0 Å². The van der Waals surface area contributed by atoms with E-state index in [2.05, 4.69) is 56.4 Å². The van der Waals surface area contributed by atoms with E-state index in [4.69, 9.17) is 0 Å². The van der Waals surface area contributed by atoms with Crippen molar-refractivity contribution in [2.45, 2.75) is 71.4 Å². The highest BCUT2D eigenvalue weighted by atomic mass is 15.0. The summed E-state index contributed by atoms with van der Waals surface area (Å²) < 4.78 is 0. The van der Waals surface area contributed by atoms with Crippen LogP contribution in [0.15, 0.2) is 30.3 Å². The van der Waals surface area contributed by atoms with Crippen LogP contribution in [0, 0.1) is 11.8 Å². The van der Waals surface area contributed by atoms with E-state index in [1.54, 1.807) is 0 Å². The molecule has 1 nitrogen and oxygen atoms in total. The van der Waals surface area contributed by atoms with Gasteiger partial charge in [0.05, 0.1) is 0 Å². The minimum absolute atomic E-state index is 0.481. The quantitative estimate of drug-likeness (QED) is 0.715. The second-order valence-corrected chi connectivity index (χ2v) is 6.84. The second kappa shape index (κ2) is 7.83. The van der Waals surface area contributed by atoms with Gasteiger partial charge in [0, 0.05) is 12.1 Å². The van der Waals surface area contributed by atoms with Gasteiger partial charge in [-0.2, -0.15) is 0 Å². The number of nitrogens with one attached hydrogen (secondary N) is 1. The Balaban J connectivity index is 2.00. The second-order valence-electron chi connectivity index (χ2n) is 6.84. The molecule has 0 radical (unpaired) electrons. The number of benzene rings is 1. The molecule has 2 rings (SSSR count). The average Bonchev–Trinajstić information content (AvgIpc) is 2.74. The maximum Gasteiger partial charge on any atom is 0.0345 e. The monoisotopic (exact) mass is 273 g/mol. The van der Waals surface area contributed by atoms with Crippen molar-refractivity contribution in [2.24, 2.45) is 11.8 Å². The Kier molecular flexibility index (Phi) is 6.09. The third-order valence-electron chi connectivity index (χ3n) is 4.87. The number of hydrogen-bond acceptors (Lipinski definition) is 1. The summed E-state index contributed by atoms with van der Waals surface area (Å²) in [4.78, 5) is 0. The van der Waals surface area contributed by atoms with Crippen molar-refractivity contribution in [1.82, 2.24) is 5.32 Å². The molecule has 2 atom stereocenters. The first-order valence-electron chi connectivity index (χ1n) is 8.49. The van der Waals surface area contributed by atoms with Crippen LogP contribution in [0.3, 0.4) is 0 Å². The lowest BCUT2D eigenvalue weighted by Crippen LogP contribution is -2.38. The van der Waals surface area contributed by atoms with E-state index in [1.165, 1.54) is 44.1 Å². The molecule has 0 heterocycles. The molecule has 1 heteroatoms. The molecule has 1 saturated carbocycles. The Bertz CT molecular complexity index is 363. The molecule has 0 bridgehead atoms. The molecular formula is C19H31N. The molecule has 0 spiro atoms. The highest BCUT2D eigenvalue weighted by Crippen LogP contribution is 2.29. The molecular weight excluding hydrogens is 242 g/mol. The molecule has 0 saturated heterocycles. The highest BCUT2D eigenvalue weighted by molar-refractivity contribution is 5.19. The topological polar surface area (TPSA) is 12.0 Å². The predicted octanol–water partition coefficient (Wildman–Crippen LogP) is 5.33. The Morgan fingerprint density at radius 2 is 1.50 bits per heavy atom. The van der Waals surface area contributed by atoms with Crippen molar-refractivity contribution in [3.63, 3.8) is 0 Å². The summed E-state index contributed by atoms with van der Waals surface area (Å²) in [5.74, 6) is 1.49. The summed E-state index contributed by atoms with van der Waals surface area (Å²) in [7, 11) is 0. The zero-order valence-corrected chi connectivity index (χ0v) is 13.4. The standard InChI is InChI=1S/C19H31N/c1-15(2)19(18-13-9-6-10-14-18)20-16(3)17-11-7-4-5-8-12-17/h6,9-10,13-17,19-20H,4-5,7-8,11-12H2,1-3H3/t16-,19?/m0/s1. The molecule has 0 amide bonds. The summed E-state index contributed by atoms with van der Waals surface area (Å²) in [6.45, 7) is 7.04. The first-order valence-corrected chi connectivity index (χ1v) is 8.49. The van der Waals surface area contributed by atoms with E-state index in [0.717, 1.165) is 5.92 Å². The first kappa shape index (κ1) is 15.6. The molecule has 1 fully saturated rings. The molecule has 1 aromatic rings. The molecule has 112 valence electrons. The fourth-order valence-electron chi connectivity index (χ4n) is 3.56. The first-order chi connectivity index (χ1) is 9.68. The minimum atomic E-state index is 0.481. The largest absolute Gasteiger partial charge is 0.307 e. The Morgan fingerprint density at radius 3 is 2.05 bits per heavy atom. The van der Waals surface area contributed by atoms with Crippen molar-refractivity contribution in [2.75, 3.05) is 0 Å². The summed E-state index contributed by atoms with van der Waals surface area (Å²) in [5.41, 5.74) is 1.43. The molecule has 1 N–H and O–H groups in total. The van der Waals surface area contributed by atoms with E-state index in [9.17, 15) is 0 Å².